The van der Waals surface area contributed by atoms with E-state index in [1.54, 1.807) is 29.2 Å². The van der Waals surface area contributed by atoms with Gasteiger partial charge in [-0.05, 0) is 70.3 Å². The van der Waals surface area contributed by atoms with Gasteiger partial charge in [0.1, 0.15) is 11.6 Å². The average Bonchev–Trinajstić information content (AvgIpc) is 3.24. The summed E-state index contributed by atoms with van der Waals surface area (Å²) in [5.74, 6) is -0.504. The van der Waals surface area contributed by atoms with Crippen LogP contribution in [0.25, 0.3) is 5.69 Å². The van der Waals surface area contributed by atoms with Crippen LogP contribution in [0.2, 0.25) is 0 Å². The van der Waals surface area contributed by atoms with Gasteiger partial charge >= 0.3 is 0 Å². The van der Waals surface area contributed by atoms with Gasteiger partial charge in [-0.15, -0.1) is 0 Å². The van der Waals surface area contributed by atoms with Crippen LogP contribution in [-0.2, 0) is 26.2 Å². The van der Waals surface area contributed by atoms with Gasteiger partial charge in [0, 0.05) is 37.4 Å². The number of nitrogens with one attached hydrogen (secondary N) is 2. The van der Waals surface area contributed by atoms with E-state index in [1.165, 1.54) is 7.05 Å². The summed E-state index contributed by atoms with van der Waals surface area (Å²) < 4.78 is 28.3. The first kappa shape index (κ1) is 31.1. The Bertz CT molecular complexity index is 1360. The number of hydrogen-bond donors (Lipinski definition) is 3. The van der Waals surface area contributed by atoms with Crippen LogP contribution >= 0.6 is 0 Å². The first-order valence-corrected chi connectivity index (χ1v) is 16.0. The van der Waals surface area contributed by atoms with Crippen LogP contribution in [-0.4, -0.2) is 89.3 Å². The Hall–Kier alpha value is -2.80. The third-order valence-electron chi connectivity index (χ3n) is 8.68. The van der Waals surface area contributed by atoms with Gasteiger partial charge in [0.2, 0.25) is 21.8 Å². The largest absolute Gasteiger partial charge is 0.390 e. The summed E-state index contributed by atoms with van der Waals surface area (Å²) in [5, 5.41) is 18.3. The lowest BCUT2D eigenvalue weighted by molar-refractivity contribution is -0.165. The molecular weight excluding hydrogens is 544 g/mol. The number of amides is 2. The third-order valence-corrected chi connectivity index (χ3v) is 10.1. The molecular formula is C29H44N6O5S. The highest BCUT2D eigenvalue weighted by Gasteiger charge is 2.54. The molecule has 0 bridgehead atoms. The first-order valence-electron chi connectivity index (χ1n) is 14.5. The van der Waals surface area contributed by atoms with Crippen LogP contribution in [0, 0.1) is 19.8 Å². The van der Waals surface area contributed by atoms with E-state index in [-0.39, 0.29) is 22.6 Å². The molecule has 2 aromatic rings. The van der Waals surface area contributed by atoms with Gasteiger partial charge in [-0.25, -0.2) is 17.8 Å². The Morgan fingerprint density at radius 3 is 2.34 bits per heavy atom. The highest BCUT2D eigenvalue weighted by Crippen LogP contribution is 2.35. The van der Waals surface area contributed by atoms with Crippen LogP contribution < -0.4 is 10.0 Å². The molecule has 2 atom stereocenters. The topological polar surface area (TPSA) is 137 Å². The molecule has 1 spiro atoms. The van der Waals surface area contributed by atoms with E-state index in [0.717, 1.165) is 35.5 Å². The summed E-state index contributed by atoms with van der Waals surface area (Å²) in [6.07, 6.45) is 1.81. The SMILES string of the molecule is CCCCN1C(=O)C(C(O)C(C)C)NC(=O)C12CCN(Cc1c(C)nn(-c3ccc(S(=O)(=O)NC)cc3)c1C)CC2. The van der Waals surface area contributed by atoms with Crippen molar-refractivity contribution in [3.05, 3.63) is 41.2 Å². The van der Waals surface area contributed by atoms with Gasteiger partial charge in [-0.2, -0.15) is 5.10 Å². The van der Waals surface area contributed by atoms with Crippen LogP contribution in [0.4, 0.5) is 0 Å². The number of aliphatic hydroxyl groups is 1. The molecule has 3 heterocycles. The molecule has 226 valence electrons. The summed E-state index contributed by atoms with van der Waals surface area (Å²) >= 11 is 0. The number of carbonyl (C=O) groups is 2. The van der Waals surface area contributed by atoms with E-state index >= 15 is 0 Å². The molecule has 12 heteroatoms. The van der Waals surface area contributed by atoms with Crippen LogP contribution in [0.5, 0.6) is 0 Å². The van der Waals surface area contributed by atoms with Gasteiger partial charge < -0.3 is 15.3 Å². The minimum Gasteiger partial charge on any atom is -0.390 e. The number of benzene rings is 1. The lowest BCUT2D eigenvalue weighted by atomic mass is 9.80. The number of aromatic nitrogens is 2. The van der Waals surface area contributed by atoms with Crippen molar-refractivity contribution in [3.8, 4) is 5.69 Å². The van der Waals surface area contributed by atoms with Crippen LogP contribution in [0.15, 0.2) is 29.2 Å². The number of aryl methyl sites for hydroxylation is 1. The minimum atomic E-state index is -3.52. The Morgan fingerprint density at radius 1 is 1.15 bits per heavy atom. The Labute approximate surface area is 243 Å². The van der Waals surface area contributed by atoms with Crippen molar-refractivity contribution in [1.82, 2.24) is 29.6 Å². The first-order chi connectivity index (χ1) is 19.4. The number of nitrogens with zero attached hydrogens (tertiary/aromatic N) is 4. The number of unbranched alkanes of at least 4 members (excludes halogenated alkanes) is 1. The number of hydrogen-bond acceptors (Lipinski definition) is 7. The summed E-state index contributed by atoms with van der Waals surface area (Å²) in [4.78, 5) is 31.4. The summed E-state index contributed by atoms with van der Waals surface area (Å²) in [6.45, 7) is 12.2. The van der Waals surface area contributed by atoms with Crippen molar-refractivity contribution >= 4 is 21.8 Å². The van der Waals surface area contributed by atoms with Gasteiger partial charge in [-0.3, -0.25) is 14.5 Å². The normalized spacial score (nSPS) is 20.6. The smallest absolute Gasteiger partial charge is 0.248 e. The van der Waals surface area contributed by atoms with E-state index in [1.807, 2.05) is 32.4 Å². The second-order valence-corrected chi connectivity index (χ2v) is 13.5. The van der Waals surface area contributed by atoms with Gasteiger partial charge in [-0.1, -0.05) is 27.2 Å². The maximum atomic E-state index is 13.6. The van der Waals surface area contributed by atoms with Crippen LogP contribution in [0.3, 0.4) is 0 Å². The van der Waals surface area contributed by atoms with E-state index in [2.05, 4.69) is 21.9 Å². The fraction of sp³-hybridized carbons (Fsp3) is 0.621. The number of piperazine rings is 1. The van der Waals surface area contributed by atoms with Crippen molar-refractivity contribution in [2.45, 2.75) is 89.4 Å². The van der Waals surface area contributed by atoms with Gasteiger partial charge in [0.05, 0.1) is 22.4 Å². The highest BCUT2D eigenvalue weighted by molar-refractivity contribution is 7.89. The molecule has 2 aliphatic rings. The molecule has 11 nitrogen and oxygen atoms in total. The molecule has 3 N–H and O–H groups in total. The van der Waals surface area contributed by atoms with E-state index in [9.17, 15) is 23.1 Å². The molecule has 0 radical (unpaired) electrons. The molecule has 1 aromatic carbocycles. The standard InChI is InChI=1S/C29H44N6O5S/c1-7-8-15-34-27(37)25(26(36)19(2)3)31-28(38)29(34)13-16-33(17-14-29)18-24-20(4)32-35(21(24)5)22-9-11-23(12-10-22)41(39,40)30-6/h9-12,19,25-26,30,36H,7-8,13-18H2,1-6H3,(H,31,38). The quantitative estimate of drug-likeness (QED) is 0.386. The van der Waals surface area contributed by atoms with E-state index in [4.69, 9.17) is 5.10 Å². The van der Waals surface area contributed by atoms with Crippen molar-refractivity contribution in [2.24, 2.45) is 5.92 Å². The second kappa shape index (κ2) is 12.2. The number of aliphatic hydroxyl groups excluding tert-OH is 1. The number of carbonyl (C=O) groups excluding carboxylic acids is 2. The zero-order valence-electron chi connectivity index (χ0n) is 25.0. The number of piperidine rings is 1. The fourth-order valence-corrected chi connectivity index (χ4v) is 6.67. The van der Waals surface area contributed by atoms with Crippen molar-refractivity contribution < 1.29 is 23.1 Å². The molecule has 41 heavy (non-hydrogen) atoms. The Kier molecular flexibility index (Phi) is 9.27. The van der Waals surface area contributed by atoms with Crippen molar-refractivity contribution in [2.75, 3.05) is 26.7 Å². The van der Waals surface area contributed by atoms with Crippen molar-refractivity contribution in [3.63, 3.8) is 0 Å². The second-order valence-electron chi connectivity index (χ2n) is 11.6. The van der Waals surface area contributed by atoms with E-state index < -0.39 is 27.7 Å². The Morgan fingerprint density at radius 2 is 1.78 bits per heavy atom. The molecule has 1 aromatic heterocycles. The van der Waals surface area contributed by atoms with Gasteiger partial charge in [0.25, 0.3) is 0 Å². The molecule has 0 aliphatic carbocycles. The molecule has 4 rings (SSSR count). The van der Waals surface area contributed by atoms with Crippen molar-refractivity contribution in [1.29, 1.82) is 0 Å². The summed E-state index contributed by atoms with van der Waals surface area (Å²) in [7, 11) is -2.14. The molecule has 2 unspecified atom stereocenters. The Balaban J connectivity index is 1.50. The lowest BCUT2D eigenvalue weighted by Crippen LogP contribution is -2.74. The molecule has 2 saturated heterocycles. The predicted octanol–water partition coefficient (Wildman–Crippen LogP) is 1.88. The third kappa shape index (κ3) is 5.93. The minimum absolute atomic E-state index is 0.153. The predicted molar refractivity (Wildman–Crippen MR) is 156 cm³/mol. The molecule has 0 saturated carbocycles. The summed E-state index contributed by atoms with van der Waals surface area (Å²) in [5.41, 5.74) is 2.80. The highest BCUT2D eigenvalue weighted by atomic mass is 32.2. The number of sulfonamides is 1. The fourth-order valence-electron chi connectivity index (χ4n) is 5.94. The average molecular weight is 589 g/mol. The van der Waals surface area contributed by atoms with Gasteiger partial charge in [0.15, 0.2) is 0 Å². The number of rotatable bonds is 10. The summed E-state index contributed by atoms with van der Waals surface area (Å²) in [6, 6.07) is 5.70. The maximum Gasteiger partial charge on any atom is 0.248 e. The molecule has 2 fully saturated rings. The molecule has 2 aliphatic heterocycles. The maximum absolute atomic E-state index is 13.6. The number of likely N-dealkylation sites (tertiary alicyclic amines) is 1. The van der Waals surface area contributed by atoms with Crippen LogP contribution in [0.1, 0.15) is 63.4 Å². The monoisotopic (exact) mass is 588 g/mol. The zero-order chi connectivity index (χ0) is 30.1. The van der Waals surface area contributed by atoms with E-state index in [0.29, 0.717) is 39.0 Å². The lowest BCUT2D eigenvalue weighted by Gasteiger charge is -2.52. The molecule has 2 amide bonds. The zero-order valence-corrected chi connectivity index (χ0v) is 25.8.